The Kier molecular flexibility index (Phi) is 3.06. The molecular weight excluding hydrogens is 282 g/mol. The molecule has 0 N–H and O–H groups in total. The number of hydrogen-bond acceptors (Lipinski definition) is 5. The molecule has 0 bridgehead atoms. The standard InChI is InChI=1S/C16H19N3O3/c1-9-15(10(2)21-17-9)13-4-3-7-19(13)16(20)12-8-14(22-18-12)11-5-6-11/h8,11,13H,3-7H2,1-2H3. The normalized spacial score (nSPS) is 21.5. The Hall–Kier alpha value is -2.11. The summed E-state index contributed by atoms with van der Waals surface area (Å²) in [4.78, 5) is 14.7. The first-order valence-corrected chi connectivity index (χ1v) is 7.85. The van der Waals surface area contributed by atoms with Gasteiger partial charge in [0.15, 0.2) is 5.69 Å². The van der Waals surface area contributed by atoms with Crippen molar-refractivity contribution >= 4 is 5.91 Å². The summed E-state index contributed by atoms with van der Waals surface area (Å²) in [5, 5.41) is 7.99. The largest absolute Gasteiger partial charge is 0.361 e. The molecule has 116 valence electrons. The molecule has 1 aliphatic carbocycles. The van der Waals surface area contributed by atoms with Crippen LogP contribution < -0.4 is 0 Å². The summed E-state index contributed by atoms with van der Waals surface area (Å²) < 4.78 is 10.6. The second kappa shape index (κ2) is 4.97. The second-order valence-corrected chi connectivity index (χ2v) is 6.28. The molecule has 1 amide bonds. The monoisotopic (exact) mass is 301 g/mol. The van der Waals surface area contributed by atoms with E-state index >= 15 is 0 Å². The average Bonchev–Trinajstić information content (AvgIpc) is 2.93. The Bertz CT molecular complexity index is 695. The van der Waals surface area contributed by atoms with Gasteiger partial charge in [-0.2, -0.15) is 0 Å². The molecule has 22 heavy (non-hydrogen) atoms. The van der Waals surface area contributed by atoms with Gasteiger partial charge in [-0.3, -0.25) is 4.79 Å². The third-order valence-corrected chi connectivity index (χ3v) is 4.66. The lowest BCUT2D eigenvalue weighted by Gasteiger charge is -2.23. The van der Waals surface area contributed by atoms with Gasteiger partial charge >= 0.3 is 0 Å². The number of aromatic nitrogens is 2. The Balaban J connectivity index is 1.61. The SMILES string of the molecule is Cc1noc(C)c1C1CCCN1C(=O)c1cc(C2CC2)on1. The van der Waals surface area contributed by atoms with Crippen LogP contribution in [0.25, 0.3) is 0 Å². The van der Waals surface area contributed by atoms with E-state index in [1.54, 1.807) is 0 Å². The van der Waals surface area contributed by atoms with Crippen molar-refractivity contribution in [1.29, 1.82) is 0 Å². The number of aryl methyl sites for hydroxylation is 2. The van der Waals surface area contributed by atoms with Crippen molar-refractivity contribution in [3.05, 3.63) is 34.5 Å². The van der Waals surface area contributed by atoms with E-state index < -0.39 is 0 Å². The van der Waals surface area contributed by atoms with E-state index in [0.717, 1.165) is 55.0 Å². The molecule has 0 radical (unpaired) electrons. The average molecular weight is 301 g/mol. The molecule has 3 heterocycles. The second-order valence-electron chi connectivity index (χ2n) is 6.28. The van der Waals surface area contributed by atoms with Crippen LogP contribution in [0.4, 0.5) is 0 Å². The van der Waals surface area contributed by atoms with Crippen LogP contribution in [-0.4, -0.2) is 27.7 Å². The summed E-state index contributed by atoms with van der Waals surface area (Å²) in [6, 6.07) is 1.84. The Morgan fingerprint density at radius 3 is 2.73 bits per heavy atom. The van der Waals surface area contributed by atoms with Gasteiger partial charge in [0.05, 0.1) is 11.7 Å². The minimum absolute atomic E-state index is 0.0276. The van der Waals surface area contributed by atoms with Crippen LogP contribution in [0.15, 0.2) is 15.1 Å². The molecule has 6 heteroatoms. The highest BCUT2D eigenvalue weighted by Crippen LogP contribution is 2.41. The number of hydrogen-bond donors (Lipinski definition) is 0. The van der Waals surface area contributed by atoms with Gasteiger partial charge < -0.3 is 13.9 Å². The highest BCUT2D eigenvalue weighted by molar-refractivity contribution is 5.92. The fraction of sp³-hybridized carbons (Fsp3) is 0.562. The van der Waals surface area contributed by atoms with Crippen molar-refractivity contribution in [2.75, 3.05) is 6.54 Å². The van der Waals surface area contributed by atoms with E-state index in [4.69, 9.17) is 9.05 Å². The quantitative estimate of drug-likeness (QED) is 0.871. The van der Waals surface area contributed by atoms with Gasteiger partial charge in [0.2, 0.25) is 0 Å². The van der Waals surface area contributed by atoms with Gasteiger partial charge in [-0.25, -0.2) is 0 Å². The molecule has 4 rings (SSSR count). The Morgan fingerprint density at radius 2 is 2.05 bits per heavy atom. The zero-order chi connectivity index (χ0) is 15.3. The molecule has 1 aliphatic heterocycles. The van der Waals surface area contributed by atoms with Gasteiger partial charge in [-0.05, 0) is 39.5 Å². The Morgan fingerprint density at radius 1 is 1.23 bits per heavy atom. The molecule has 2 aliphatic rings. The van der Waals surface area contributed by atoms with Crippen LogP contribution in [0.3, 0.4) is 0 Å². The first-order valence-electron chi connectivity index (χ1n) is 7.85. The van der Waals surface area contributed by atoms with E-state index in [2.05, 4.69) is 10.3 Å². The molecule has 1 saturated carbocycles. The molecule has 2 fully saturated rings. The first-order chi connectivity index (χ1) is 10.6. The molecule has 1 unspecified atom stereocenters. The van der Waals surface area contributed by atoms with Crippen LogP contribution in [-0.2, 0) is 0 Å². The van der Waals surface area contributed by atoms with Gasteiger partial charge in [-0.1, -0.05) is 10.3 Å². The maximum Gasteiger partial charge on any atom is 0.276 e. The van der Waals surface area contributed by atoms with Crippen molar-refractivity contribution in [3.63, 3.8) is 0 Å². The van der Waals surface area contributed by atoms with E-state index in [9.17, 15) is 4.79 Å². The van der Waals surface area contributed by atoms with Gasteiger partial charge in [0, 0.05) is 24.1 Å². The van der Waals surface area contributed by atoms with Crippen LogP contribution >= 0.6 is 0 Å². The lowest BCUT2D eigenvalue weighted by atomic mass is 10.0. The fourth-order valence-corrected chi connectivity index (χ4v) is 3.37. The van der Waals surface area contributed by atoms with E-state index in [1.165, 1.54) is 0 Å². The molecule has 6 nitrogen and oxygen atoms in total. The molecule has 1 saturated heterocycles. The number of carbonyl (C=O) groups excluding carboxylic acids is 1. The number of nitrogens with zero attached hydrogens (tertiary/aromatic N) is 3. The summed E-state index contributed by atoms with van der Waals surface area (Å²) in [6.45, 7) is 4.56. The summed E-state index contributed by atoms with van der Waals surface area (Å²) >= 11 is 0. The predicted octanol–water partition coefficient (Wildman–Crippen LogP) is 3.13. The van der Waals surface area contributed by atoms with Crippen LogP contribution in [0.2, 0.25) is 0 Å². The zero-order valence-corrected chi connectivity index (χ0v) is 12.8. The molecule has 2 aromatic rings. The van der Waals surface area contributed by atoms with E-state index in [-0.39, 0.29) is 11.9 Å². The van der Waals surface area contributed by atoms with Crippen LogP contribution in [0.5, 0.6) is 0 Å². The lowest BCUT2D eigenvalue weighted by molar-refractivity contribution is 0.0724. The number of likely N-dealkylation sites (tertiary alicyclic amines) is 1. The summed E-state index contributed by atoms with van der Waals surface area (Å²) in [6.07, 6.45) is 4.18. The summed E-state index contributed by atoms with van der Waals surface area (Å²) in [7, 11) is 0. The van der Waals surface area contributed by atoms with E-state index in [0.29, 0.717) is 11.6 Å². The maximum absolute atomic E-state index is 12.8. The third kappa shape index (κ3) is 2.14. The predicted molar refractivity (Wildman–Crippen MR) is 77.5 cm³/mol. The molecule has 2 aromatic heterocycles. The highest BCUT2D eigenvalue weighted by Gasteiger charge is 2.36. The zero-order valence-electron chi connectivity index (χ0n) is 12.8. The minimum atomic E-state index is -0.0573. The molecule has 0 aromatic carbocycles. The minimum Gasteiger partial charge on any atom is -0.361 e. The lowest BCUT2D eigenvalue weighted by Crippen LogP contribution is -2.31. The van der Waals surface area contributed by atoms with Crippen molar-refractivity contribution < 1.29 is 13.8 Å². The summed E-state index contributed by atoms with van der Waals surface area (Å²) in [5.41, 5.74) is 2.32. The van der Waals surface area contributed by atoms with Crippen molar-refractivity contribution in [2.24, 2.45) is 0 Å². The van der Waals surface area contributed by atoms with Gasteiger partial charge in [-0.15, -0.1) is 0 Å². The van der Waals surface area contributed by atoms with Gasteiger partial charge in [0.25, 0.3) is 5.91 Å². The van der Waals surface area contributed by atoms with Crippen LogP contribution in [0.1, 0.15) is 70.9 Å². The molecule has 1 atom stereocenters. The number of carbonyl (C=O) groups is 1. The molecular formula is C16H19N3O3. The number of amides is 1. The summed E-state index contributed by atoms with van der Waals surface area (Å²) in [5.74, 6) is 2.04. The third-order valence-electron chi connectivity index (χ3n) is 4.66. The van der Waals surface area contributed by atoms with E-state index in [1.807, 2.05) is 24.8 Å². The molecule has 0 spiro atoms. The van der Waals surface area contributed by atoms with Crippen LogP contribution in [0, 0.1) is 13.8 Å². The highest BCUT2D eigenvalue weighted by atomic mass is 16.5. The topological polar surface area (TPSA) is 72.4 Å². The fourth-order valence-electron chi connectivity index (χ4n) is 3.37. The smallest absolute Gasteiger partial charge is 0.276 e. The van der Waals surface area contributed by atoms with Crippen molar-refractivity contribution in [1.82, 2.24) is 15.2 Å². The van der Waals surface area contributed by atoms with Crippen molar-refractivity contribution in [2.45, 2.75) is 51.5 Å². The first kappa shape index (κ1) is 13.5. The Labute approximate surface area is 128 Å². The van der Waals surface area contributed by atoms with Crippen molar-refractivity contribution in [3.8, 4) is 0 Å². The number of rotatable bonds is 3. The maximum atomic E-state index is 12.8. The van der Waals surface area contributed by atoms with Gasteiger partial charge in [0.1, 0.15) is 11.5 Å².